The molecule has 1 N–H and O–H groups in total. The Balaban J connectivity index is 0.000000354. The van der Waals surface area contributed by atoms with Gasteiger partial charge in [0.15, 0.2) is 0 Å². The van der Waals surface area contributed by atoms with Gasteiger partial charge in [0.25, 0.3) is 0 Å². The fraction of sp³-hybridized carbons (Fsp3) is 1.00. The highest BCUT2D eigenvalue weighted by Gasteiger charge is 2.52. The lowest BCUT2D eigenvalue weighted by Gasteiger charge is -2.52. The fourth-order valence-corrected chi connectivity index (χ4v) is 6.42. The van der Waals surface area contributed by atoms with E-state index in [2.05, 4.69) is 0 Å². The summed E-state index contributed by atoms with van der Waals surface area (Å²) in [5.74, 6) is 2.36. The van der Waals surface area contributed by atoms with Gasteiger partial charge in [-0.05, 0) is 87.9 Å². The summed E-state index contributed by atoms with van der Waals surface area (Å²) < 4.78 is 27.2. The molecule has 4 fully saturated rings. The zero-order chi connectivity index (χ0) is 16.6. The highest BCUT2D eigenvalue weighted by molar-refractivity contribution is 5.00. The summed E-state index contributed by atoms with van der Waals surface area (Å²) in [6, 6.07) is 0. The van der Waals surface area contributed by atoms with Crippen LogP contribution in [0.5, 0.6) is 0 Å². The minimum absolute atomic E-state index is 0.167. The summed E-state index contributed by atoms with van der Waals surface area (Å²) in [5.41, 5.74) is 0. The largest absolute Gasteiger partial charge is 0.394 e. The van der Waals surface area contributed by atoms with Crippen LogP contribution in [0, 0.1) is 35.5 Å². The summed E-state index contributed by atoms with van der Waals surface area (Å²) in [5, 5.41) is 8.06. The Morgan fingerprint density at radius 1 is 0.783 bits per heavy atom. The standard InChI is InChI=1S/C17H26F2.C3H8O/c18-17(19)9-8-14-12(10-17)5-7-15-13-3-1-2-11(13)4-6-16(14)15;1-3(2)4/h11-16H,1-10H2;3-4H,1-2H3/t11?,12-,13+,14?,15?,16?;/m0./s1. The minimum atomic E-state index is -2.35. The first-order valence-electron chi connectivity index (χ1n) is 9.93. The molecule has 1 nitrogen and oxygen atoms in total. The highest BCUT2D eigenvalue weighted by Crippen LogP contribution is 2.59. The molecular formula is C20H34F2O. The Bertz CT molecular complexity index is 392. The van der Waals surface area contributed by atoms with Crippen molar-refractivity contribution in [3.8, 4) is 0 Å². The van der Waals surface area contributed by atoms with Gasteiger partial charge in [0.2, 0.25) is 5.92 Å². The van der Waals surface area contributed by atoms with Crippen molar-refractivity contribution in [3.05, 3.63) is 0 Å². The van der Waals surface area contributed by atoms with Gasteiger partial charge in [0, 0.05) is 18.9 Å². The Morgan fingerprint density at radius 3 is 2.00 bits per heavy atom. The van der Waals surface area contributed by atoms with E-state index >= 15 is 0 Å². The number of fused-ring (bicyclic) bond motifs is 5. The van der Waals surface area contributed by atoms with Crippen LogP contribution in [0.2, 0.25) is 0 Å². The number of hydrogen-bond acceptors (Lipinski definition) is 1. The third kappa shape index (κ3) is 3.91. The molecule has 134 valence electrons. The van der Waals surface area contributed by atoms with Crippen molar-refractivity contribution in [3.63, 3.8) is 0 Å². The summed E-state index contributed by atoms with van der Waals surface area (Å²) in [6.07, 6.45) is 10.5. The van der Waals surface area contributed by atoms with Crippen LogP contribution >= 0.6 is 0 Å². The van der Waals surface area contributed by atoms with E-state index in [1.165, 1.54) is 38.5 Å². The number of alkyl halides is 2. The molecular weight excluding hydrogens is 294 g/mol. The molecule has 4 aliphatic carbocycles. The second-order valence-corrected chi connectivity index (χ2v) is 8.95. The van der Waals surface area contributed by atoms with Crippen molar-refractivity contribution in [2.75, 3.05) is 0 Å². The van der Waals surface area contributed by atoms with Crippen LogP contribution in [0.3, 0.4) is 0 Å². The second kappa shape index (κ2) is 6.98. The van der Waals surface area contributed by atoms with Crippen LogP contribution in [0.15, 0.2) is 0 Å². The Labute approximate surface area is 140 Å². The van der Waals surface area contributed by atoms with Gasteiger partial charge in [-0.2, -0.15) is 0 Å². The first-order chi connectivity index (χ1) is 10.9. The van der Waals surface area contributed by atoms with E-state index in [-0.39, 0.29) is 18.9 Å². The summed E-state index contributed by atoms with van der Waals surface area (Å²) in [4.78, 5) is 0. The molecule has 0 aliphatic heterocycles. The summed E-state index contributed by atoms with van der Waals surface area (Å²) in [6.45, 7) is 3.44. The molecule has 0 amide bonds. The van der Waals surface area contributed by atoms with E-state index in [0.717, 1.165) is 36.5 Å². The molecule has 0 aromatic heterocycles. The average molecular weight is 328 g/mol. The van der Waals surface area contributed by atoms with Gasteiger partial charge in [-0.15, -0.1) is 0 Å². The number of aliphatic hydroxyl groups excluding tert-OH is 1. The molecule has 0 aromatic rings. The lowest BCUT2D eigenvalue weighted by atomic mass is 9.53. The van der Waals surface area contributed by atoms with Crippen molar-refractivity contribution >= 4 is 0 Å². The molecule has 0 radical (unpaired) electrons. The molecule has 0 heterocycles. The van der Waals surface area contributed by atoms with E-state index in [4.69, 9.17) is 5.11 Å². The maximum absolute atomic E-state index is 13.6. The topological polar surface area (TPSA) is 20.2 Å². The predicted molar refractivity (Wildman–Crippen MR) is 89.4 cm³/mol. The molecule has 0 aromatic carbocycles. The van der Waals surface area contributed by atoms with Gasteiger partial charge in [0.05, 0.1) is 0 Å². The van der Waals surface area contributed by atoms with Crippen molar-refractivity contribution in [1.82, 2.24) is 0 Å². The molecule has 4 saturated carbocycles. The van der Waals surface area contributed by atoms with Gasteiger partial charge >= 0.3 is 0 Å². The molecule has 4 aliphatic rings. The zero-order valence-electron chi connectivity index (χ0n) is 14.8. The Hall–Kier alpha value is -0.180. The molecule has 6 atom stereocenters. The average Bonchev–Trinajstić information content (AvgIpc) is 2.93. The zero-order valence-corrected chi connectivity index (χ0v) is 14.8. The van der Waals surface area contributed by atoms with Crippen molar-refractivity contribution in [1.29, 1.82) is 0 Å². The highest BCUT2D eigenvalue weighted by atomic mass is 19.3. The first-order valence-corrected chi connectivity index (χ1v) is 9.93. The quantitative estimate of drug-likeness (QED) is 0.608. The molecule has 23 heavy (non-hydrogen) atoms. The lowest BCUT2D eigenvalue weighted by molar-refractivity contribution is -0.111. The van der Waals surface area contributed by atoms with Gasteiger partial charge in [-0.3, -0.25) is 0 Å². The van der Waals surface area contributed by atoms with E-state index in [0.29, 0.717) is 11.8 Å². The SMILES string of the molecule is CC(C)O.FC1(F)CCC2C3CCC4CCC[C@H]4C3CC[C@H]2C1. The van der Waals surface area contributed by atoms with E-state index < -0.39 is 5.92 Å². The Morgan fingerprint density at radius 2 is 1.35 bits per heavy atom. The third-order valence-electron chi connectivity index (χ3n) is 7.12. The lowest BCUT2D eigenvalue weighted by Crippen LogP contribution is -2.46. The third-order valence-corrected chi connectivity index (χ3v) is 7.12. The number of aliphatic hydroxyl groups is 1. The Kier molecular flexibility index (Phi) is 5.35. The molecule has 0 bridgehead atoms. The van der Waals surface area contributed by atoms with Crippen LogP contribution < -0.4 is 0 Å². The van der Waals surface area contributed by atoms with Crippen LogP contribution in [0.25, 0.3) is 0 Å². The maximum atomic E-state index is 13.6. The van der Waals surface area contributed by atoms with Gasteiger partial charge in [0.1, 0.15) is 0 Å². The minimum Gasteiger partial charge on any atom is -0.394 e. The van der Waals surface area contributed by atoms with Gasteiger partial charge in [-0.25, -0.2) is 8.78 Å². The van der Waals surface area contributed by atoms with E-state index in [9.17, 15) is 8.78 Å². The van der Waals surface area contributed by atoms with Gasteiger partial charge in [-0.1, -0.05) is 12.8 Å². The van der Waals surface area contributed by atoms with Crippen LogP contribution in [0.1, 0.15) is 78.1 Å². The normalized spacial score (nSPS) is 44.6. The molecule has 0 saturated heterocycles. The first kappa shape index (κ1) is 17.6. The van der Waals surface area contributed by atoms with Crippen molar-refractivity contribution < 1.29 is 13.9 Å². The predicted octanol–water partition coefficient (Wildman–Crippen LogP) is 5.66. The fourth-order valence-electron chi connectivity index (χ4n) is 6.42. The maximum Gasteiger partial charge on any atom is 0.248 e. The van der Waals surface area contributed by atoms with Crippen LogP contribution in [0.4, 0.5) is 8.78 Å². The summed E-state index contributed by atoms with van der Waals surface area (Å²) in [7, 11) is 0. The number of hydrogen-bond donors (Lipinski definition) is 1. The van der Waals surface area contributed by atoms with Crippen LogP contribution in [-0.2, 0) is 0 Å². The second-order valence-electron chi connectivity index (χ2n) is 8.95. The van der Waals surface area contributed by atoms with Crippen molar-refractivity contribution in [2.45, 2.75) is 90.1 Å². The van der Waals surface area contributed by atoms with E-state index in [1.54, 1.807) is 13.8 Å². The van der Waals surface area contributed by atoms with E-state index in [1.807, 2.05) is 0 Å². The number of rotatable bonds is 0. The summed E-state index contributed by atoms with van der Waals surface area (Å²) >= 11 is 0. The molecule has 4 unspecified atom stereocenters. The monoisotopic (exact) mass is 328 g/mol. The van der Waals surface area contributed by atoms with Crippen LogP contribution in [-0.4, -0.2) is 17.1 Å². The molecule has 3 heteroatoms. The molecule has 0 spiro atoms. The van der Waals surface area contributed by atoms with Gasteiger partial charge < -0.3 is 5.11 Å². The van der Waals surface area contributed by atoms with Crippen molar-refractivity contribution in [2.24, 2.45) is 35.5 Å². The number of halogens is 2. The smallest absolute Gasteiger partial charge is 0.248 e. The molecule has 4 rings (SSSR count).